The van der Waals surface area contributed by atoms with Gasteiger partial charge in [-0.15, -0.1) is 0 Å². The molecule has 0 atom stereocenters. The zero-order valence-electron chi connectivity index (χ0n) is 15.7. The second-order valence-electron chi connectivity index (χ2n) is 5.77. The van der Waals surface area contributed by atoms with Gasteiger partial charge in [-0.3, -0.25) is 9.59 Å². The molecule has 150 valence electrons. The molecule has 0 aliphatic heterocycles. The predicted molar refractivity (Wildman–Crippen MR) is 104 cm³/mol. The monoisotopic (exact) mass is 405 g/mol. The highest BCUT2D eigenvalue weighted by Crippen LogP contribution is 2.12. The Balaban J connectivity index is 1.80. The first-order valence-corrected chi connectivity index (χ1v) is 10.1. The standard InChI is InChI=1S/C19H23N3O5S/c1-3-27-16-8-6-15(7-9-16)19(24)22-13-18(23)21-12-14-4-10-17(11-5-14)28(25,26)20-2/h4-11,20H,3,12-13H2,1-2H3,(H,21,23)(H,22,24). The van der Waals surface area contributed by atoms with Crippen LogP contribution in [0.5, 0.6) is 5.75 Å². The highest BCUT2D eigenvalue weighted by atomic mass is 32.2. The Morgan fingerprint density at radius 1 is 0.964 bits per heavy atom. The first-order chi connectivity index (χ1) is 13.4. The van der Waals surface area contributed by atoms with Crippen LogP contribution in [0.15, 0.2) is 53.4 Å². The molecule has 0 fully saturated rings. The van der Waals surface area contributed by atoms with Crippen LogP contribution >= 0.6 is 0 Å². The fourth-order valence-electron chi connectivity index (χ4n) is 2.30. The van der Waals surface area contributed by atoms with Crippen molar-refractivity contribution in [2.24, 2.45) is 0 Å². The van der Waals surface area contributed by atoms with E-state index in [9.17, 15) is 18.0 Å². The van der Waals surface area contributed by atoms with Gasteiger partial charge in [0.05, 0.1) is 18.0 Å². The minimum Gasteiger partial charge on any atom is -0.494 e. The van der Waals surface area contributed by atoms with Crippen LogP contribution in [-0.2, 0) is 21.4 Å². The number of sulfonamides is 1. The number of rotatable bonds is 9. The summed E-state index contributed by atoms with van der Waals surface area (Å²) in [6.07, 6.45) is 0. The van der Waals surface area contributed by atoms with Crippen molar-refractivity contribution >= 4 is 21.8 Å². The first kappa shape index (κ1) is 21.4. The van der Waals surface area contributed by atoms with Gasteiger partial charge in [-0.1, -0.05) is 12.1 Å². The molecule has 0 aromatic heterocycles. The average Bonchev–Trinajstić information content (AvgIpc) is 2.71. The molecule has 2 aromatic carbocycles. The summed E-state index contributed by atoms with van der Waals surface area (Å²) in [5.41, 5.74) is 1.17. The summed E-state index contributed by atoms with van der Waals surface area (Å²) in [5, 5.41) is 5.21. The summed E-state index contributed by atoms with van der Waals surface area (Å²) in [7, 11) is -2.15. The molecular formula is C19H23N3O5S. The van der Waals surface area contributed by atoms with Gasteiger partial charge in [0.1, 0.15) is 5.75 Å². The zero-order chi connectivity index (χ0) is 20.6. The van der Waals surface area contributed by atoms with Crippen molar-refractivity contribution < 1.29 is 22.7 Å². The maximum Gasteiger partial charge on any atom is 0.251 e. The lowest BCUT2D eigenvalue weighted by Gasteiger charge is -2.09. The highest BCUT2D eigenvalue weighted by molar-refractivity contribution is 7.89. The normalized spacial score (nSPS) is 10.9. The quantitative estimate of drug-likeness (QED) is 0.577. The van der Waals surface area contributed by atoms with Gasteiger partial charge in [0.25, 0.3) is 5.91 Å². The van der Waals surface area contributed by atoms with Crippen molar-refractivity contribution in [1.82, 2.24) is 15.4 Å². The van der Waals surface area contributed by atoms with E-state index in [1.807, 2.05) is 6.92 Å². The Morgan fingerprint density at radius 3 is 2.18 bits per heavy atom. The molecule has 0 bridgehead atoms. The van der Waals surface area contributed by atoms with Crippen molar-refractivity contribution in [1.29, 1.82) is 0 Å². The number of amides is 2. The second kappa shape index (κ2) is 9.86. The van der Waals surface area contributed by atoms with E-state index in [0.717, 1.165) is 5.56 Å². The van der Waals surface area contributed by atoms with E-state index in [2.05, 4.69) is 15.4 Å². The zero-order valence-corrected chi connectivity index (χ0v) is 16.5. The van der Waals surface area contributed by atoms with Crippen LogP contribution in [0.3, 0.4) is 0 Å². The van der Waals surface area contributed by atoms with Crippen LogP contribution in [0, 0.1) is 0 Å². The molecule has 2 amide bonds. The summed E-state index contributed by atoms with van der Waals surface area (Å²) < 4.78 is 30.9. The van der Waals surface area contributed by atoms with Crippen LogP contribution in [0.1, 0.15) is 22.8 Å². The number of carbonyl (C=O) groups excluding carboxylic acids is 2. The number of hydrogen-bond donors (Lipinski definition) is 3. The topological polar surface area (TPSA) is 114 Å². The van der Waals surface area contributed by atoms with Crippen LogP contribution in [-0.4, -0.2) is 40.4 Å². The first-order valence-electron chi connectivity index (χ1n) is 8.66. The van der Waals surface area contributed by atoms with E-state index in [1.54, 1.807) is 36.4 Å². The van der Waals surface area contributed by atoms with E-state index < -0.39 is 10.0 Å². The van der Waals surface area contributed by atoms with Gasteiger partial charge >= 0.3 is 0 Å². The Bertz CT molecular complexity index is 910. The molecule has 2 rings (SSSR count). The lowest BCUT2D eigenvalue weighted by Crippen LogP contribution is -2.36. The average molecular weight is 405 g/mol. The molecule has 0 unspecified atom stereocenters. The fraction of sp³-hybridized carbons (Fsp3) is 0.263. The third-order valence-electron chi connectivity index (χ3n) is 3.83. The molecule has 0 aliphatic rings. The molecule has 9 heteroatoms. The van der Waals surface area contributed by atoms with Gasteiger partial charge < -0.3 is 15.4 Å². The molecule has 8 nitrogen and oxygen atoms in total. The van der Waals surface area contributed by atoms with Gasteiger partial charge in [0.15, 0.2) is 0 Å². The predicted octanol–water partition coefficient (Wildman–Crippen LogP) is 1.04. The number of benzene rings is 2. The van der Waals surface area contributed by atoms with Crippen molar-refractivity contribution in [3.05, 3.63) is 59.7 Å². The van der Waals surface area contributed by atoms with Crippen LogP contribution in [0.4, 0.5) is 0 Å². The Kier molecular flexibility index (Phi) is 7.53. The molecule has 0 saturated heterocycles. The van der Waals surface area contributed by atoms with Gasteiger partial charge in [0.2, 0.25) is 15.9 Å². The third-order valence-corrected chi connectivity index (χ3v) is 5.26. The largest absolute Gasteiger partial charge is 0.494 e. The summed E-state index contributed by atoms with van der Waals surface area (Å²) >= 11 is 0. The van der Waals surface area contributed by atoms with Crippen LogP contribution in [0.25, 0.3) is 0 Å². The fourth-order valence-corrected chi connectivity index (χ4v) is 3.03. The van der Waals surface area contributed by atoms with E-state index in [4.69, 9.17) is 4.74 Å². The lowest BCUT2D eigenvalue weighted by atomic mass is 10.2. The van der Waals surface area contributed by atoms with Crippen molar-refractivity contribution in [3.63, 3.8) is 0 Å². The van der Waals surface area contributed by atoms with Gasteiger partial charge in [-0.2, -0.15) is 0 Å². The second-order valence-corrected chi connectivity index (χ2v) is 7.65. The Hall–Kier alpha value is -2.91. The van der Waals surface area contributed by atoms with Crippen LogP contribution in [0.2, 0.25) is 0 Å². The van der Waals surface area contributed by atoms with Crippen molar-refractivity contribution in [2.75, 3.05) is 20.2 Å². The van der Waals surface area contributed by atoms with E-state index in [-0.39, 0.29) is 29.8 Å². The summed E-state index contributed by atoms with van der Waals surface area (Å²) in [6.45, 7) is 2.47. The molecule has 0 saturated carbocycles. The van der Waals surface area contributed by atoms with Gasteiger partial charge in [-0.25, -0.2) is 13.1 Å². The SMILES string of the molecule is CCOc1ccc(C(=O)NCC(=O)NCc2ccc(S(=O)(=O)NC)cc2)cc1. The smallest absolute Gasteiger partial charge is 0.251 e. The summed E-state index contributed by atoms with van der Waals surface area (Å²) in [6, 6.07) is 12.8. The molecule has 0 spiro atoms. The maximum atomic E-state index is 12.1. The minimum atomic E-state index is -3.49. The van der Waals surface area contributed by atoms with Crippen molar-refractivity contribution in [2.45, 2.75) is 18.4 Å². The van der Waals surface area contributed by atoms with E-state index in [0.29, 0.717) is 17.9 Å². The Labute approximate surface area is 164 Å². The number of nitrogens with one attached hydrogen (secondary N) is 3. The third kappa shape index (κ3) is 6.07. The van der Waals surface area contributed by atoms with E-state index in [1.165, 1.54) is 19.2 Å². The molecule has 2 aromatic rings. The molecule has 0 aliphatic carbocycles. The molecular weight excluding hydrogens is 382 g/mol. The lowest BCUT2D eigenvalue weighted by molar-refractivity contribution is -0.120. The number of hydrogen-bond acceptors (Lipinski definition) is 5. The van der Waals surface area contributed by atoms with Gasteiger partial charge in [-0.05, 0) is 55.9 Å². The number of ether oxygens (including phenoxy) is 1. The summed E-state index contributed by atoms with van der Waals surface area (Å²) in [5.74, 6) is -0.0450. The minimum absolute atomic E-state index is 0.146. The van der Waals surface area contributed by atoms with Gasteiger partial charge in [0, 0.05) is 12.1 Å². The number of carbonyl (C=O) groups is 2. The molecule has 0 radical (unpaired) electrons. The van der Waals surface area contributed by atoms with Crippen molar-refractivity contribution in [3.8, 4) is 5.75 Å². The Morgan fingerprint density at radius 2 is 1.61 bits per heavy atom. The summed E-state index contributed by atoms with van der Waals surface area (Å²) in [4.78, 5) is 24.1. The van der Waals surface area contributed by atoms with E-state index >= 15 is 0 Å². The van der Waals surface area contributed by atoms with Crippen LogP contribution < -0.4 is 20.1 Å². The maximum absolute atomic E-state index is 12.1. The molecule has 28 heavy (non-hydrogen) atoms. The highest BCUT2D eigenvalue weighted by Gasteiger charge is 2.11. The molecule has 0 heterocycles. The molecule has 3 N–H and O–H groups in total.